The molecule has 2 aliphatic heterocycles. The molecule has 4 nitrogen and oxygen atoms in total. The summed E-state index contributed by atoms with van der Waals surface area (Å²) in [5, 5.41) is 0. The highest BCUT2D eigenvalue weighted by Gasteiger charge is 2.27. The first kappa shape index (κ1) is 13.8. The molecule has 0 bridgehead atoms. The second-order valence-electron chi connectivity index (χ2n) is 5.80. The third-order valence-corrected chi connectivity index (χ3v) is 4.11. The summed E-state index contributed by atoms with van der Waals surface area (Å²) < 4.78 is 5.78. The molecule has 1 amide bonds. The van der Waals surface area contributed by atoms with Crippen LogP contribution in [0.1, 0.15) is 32.1 Å². The molecule has 104 valence electrons. The van der Waals surface area contributed by atoms with Crippen molar-refractivity contribution in [1.29, 1.82) is 0 Å². The lowest BCUT2D eigenvalue weighted by Crippen LogP contribution is -2.43. The zero-order valence-electron chi connectivity index (χ0n) is 11.7. The maximum Gasteiger partial charge on any atom is 0.225 e. The Morgan fingerprint density at radius 3 is 2.50 bits per heavy atom. The smallest absolute Gasteiger partial charge is 0.225 e. The number of carbonyl (C=O) groups is 1. The normalized spacial score (nSPS) is 27.1. The van der Waals surface area contributed by atoms with E-state index in [1.807, 2.05) is 14.1 Å². The molecular formula is C14H26N2O2. The summed E-state index contributed by atoms with van der Waals surface area (Å²) in [6.45, 7) is 4.08. The van der Waals surface area contributed by atoms with Crippen molar-refractivity contribution in [2.75, 3.05) is 40.3 Å². The number of piperidine rings is 1. The van der Waals surface area contributed by atoms with Crippen LogP contribution >= 0.6 is 0 Å². The highest BCUT2D eigenvalue weighted by atomic mass is 16.5. The first-order chi connectivity index (χ1) is 8.66. The van der Waals surface area contributed by atoms with Crippen molar-refractivity contribution in [1.82, 2.24) is 9.80 Å². The Morgan fingerprint density at radius 1 is 1.22 bits per heavy atom. The Labute approximate surface area is 110 Å². The minimum Gasteiger partial charge on any atom is -0.377 e. The van der Waals surface area contributed by atoms with E-state index in [-0.39, 0.29) is 5.92 Å². The maximum atomic E-state index is 11.9. The SMILES string of the molecule is CN(C)C(=O)C1CCN(CC2CCCCO2)CC1. The van der Waals surface area contributed by atoms with E-state index in [1.54, 1.807) is 4.90 Å². The van der Waals surface area contributed by atoms with Crippen LogP contribution in [0.4, 0.5) is 0 Å². The summed E-state index contributed by atoms with van der Waals surface area (Å²) in [4.78, 5) is 16.1. The first-order valence-electron chi connectivity index (χ1n) is 7.22. The highest BCUT2D eigenvalue weighted by molar-refractivity contribution is 5.78. The van der Waals surface area contributed by atoms with E-state index in [0.29, 0.717) is 12.0 Å². The largest absolute Gasteiger partial charge is 0.377 e. The van der Waals surface area contributed by atoms with Crippen LogP contribution in [0.15, 0.2) is 0 Å². The van der Waals surface area contributed by atoms with Crippen LogP contribution in [0.25, 0.3) is 0 Å². The lowest BCUT2D eigenvalue weighted by molar-refractivity contribution is -0.134. The van der Waals surface area contributed by atoms with Crippen LogP contribution in [0.3, 0.4) is 0 Å². The predicted octanol–water partition coefficient (Wildman–Crippen LogP) is 1.36. The van der Waals surface area contributed by atoms with E-state index in [0.717, 1.165) is 39.1 Å². The maximum absolute atomic E-state index is 11.9. The summed E-state index contributed by atoms with van der Waals surface area (Å²) >= 11 is 0. The first-order valence-corrected chi connectivity index (χ1v) is 7.22. The Hall–Kier alpha value is -0.610. The molecule has 1 atom stereocenters. The Kier molecular flexibility index (Phi) is 5.01. The Bertz CT molecular complexity index is 267. The lowest BCUT2D eigenvalue weighted by Gasteiger charge is -2.35. The number of rotatable bonds is 3. The zero-order chi connectivity index (χ0) is 13.0. The van der Waals surface area contributed by atoms with Gasteiger partial charge in [-0.05, 0) is 45.2 Å². The van der Waals surface area contributed by atoms with Crippen LogP contribution in [-0.2, 0) is 9.53 Å². The second kappa shape index (κ2) is 6.53. The predicted molar refractivity (Wildman–Crippen MR) is 71.4 cm³/mol. The number of amides is 1. The lowest BCUT2D eigenvalue weighted by atomic mass is 9.95. The van der Waals surface area contributed by atoms with Crippen molar-refractivity contribution in [3.8, 4) is 0 Å². The molecule has 0 aromatic heterocycles. The van der Waals surface area contributed by atoms with Gasteiger partial charge in [0.15, 0.2) is 0 Å². The minimum absolute atomic E-state index is 0.239. The number of ether oxygens (including phenoxy) is 1. The standard InChI is InChI=1S/C14H26N2O2/c1-15(2)14(17)12-6-8-16(9-7-12)11-13-5-3-4-10-18-13/h12-13H,3-11H2,1-2H3. The third kappa shape index (κ3) is 3.69. The molecule has 0 aromatic carbocycles. The van der Waals surface area contributed by atoms with Gasteiger partial charge < -0.3 is 14.5 Å². The summed E-state index contributed by atoms with van der Waals surface area (Å²) in [5.41, 5.74) is 0. The molecule has 2 rings (SSSR count). The van der Waals surface area contributed by atoms with Gasteiger partial charge in [-0.2, -0.15) is 0 Å². The third-order valence-electron chi connectivity index (χ3n) is 4.11. The van der Waals surface area contributed by atoms with Gasteiger partial charge >= 0.3 is 0 Å². The molecule has 2 saturated heterocycles. The number of hydrogen-bond acceptors (Lipinski definition) is 3. The summed E-state index contributed by atoms with van der Waals surface area (Å²) in [7, 11) is 3.70. The molecule has 0 radical (unpaired) electrons. The van der Waals surface area contributed by atoms with Crippen LogP contribution in [0.2, 0.25) is 0 Å². The molecule has 2 aliphatic rings. The molecule has 0 spiro atoms. The average molecular weight is 254 g/mol. The van der Waals surface area contributed by atoms with Crippen molar-refractivity contribution in [2.45, 2.75) is 38.2 Å². The second-order valence-corrected chi connectivity index (χ2v) is 5.80. The molecule has 0 saturated carbocycles. The summed E-state index contributed by atoms with van der Waals surface area (Å²) in [6, 6.07) is 0. The van der Waals surface area contributed by atoms with Crippen molar-refractivity contribution in [3.63, 3.8) is 0 Å². The molecule has 0 aliphatic carbocycles. The fraction of sp³-hybridized carbons (Fsp3) is 0.929. The Balaban J connectivity index is 1.71. The van der Waals surface area contributed by atoms with E-state index in [2.05, 4.69) is 4.90 Å². The highest BCUT2D eigenvalue weighted by Crippen LogP contribution is 2.21. The van der Waals surface area contributed by atoms with Gasteiger partial charge in [0.25, 0.3) is 0 Å². The number of hydrogen-bond donors (Lipinski definition) is 0. The molecule has 2 heterocycles. The van der Waals surface area contributed by atoms with E-state index < -0.39 is 0 Å². The van der Waals surface area contributed by atoms with Crippen molar-refractivity contribution < 1.29 is 9.53 Å². The van der Waals surface area contributed by atoms with Gasteiger partial charge in [0.1, 0.15) is 0 Å². The molecule has 1 unspecified atom stereocenters. The summed E-state index contributed by atoms with van der Waals surface area (Å²) in [6.07, 6.45) is 6.17. The van der Waals surface area contributed by atoms with Crippen molar-refractivity contribution >= 4 is 5.91 Å². The van der Waals surface area contributed by atoms with E-state index in [4.69, 9.17) is 4.74 Å². The van der Waals surface area contributed by atoms with Gasteiger partial charge in [-0.15, -0.1) is 0 Å². The molecule has 0 N–H and O–H groups in total. The molecule has 2 fully saturated rings. The van der Waals surface area contributed by atoms with Gasteiger partial charge in [-0.1, -0.05) is 0 Å². The Morgan fingerprint density at radius 2 is 1.94 bits per heavy atom. The fourth-order valence-corrected chi connectivity index (χ4v) is 2.97. The van der Waals surface area contributed by atoms with Crippen LogP contribution in [0.5, 0.6) is 0 Å². The van der Waals surface area contributed by atoms with Crippen molar-refractivity contribution in [2.24, 2.45) is 5.92 Å². The van der Waals surface area contributed by atoms with E-state index in [1.165, 1.54) is 19.3 Å². The summed E-state index contributed by atoms with van der Waals surface area (Å²) in [5.74, 6) is 0.534. The molecule has 18 heavy (non-hydrogen) atoms. The van der Waals surface area contributed by atoms with Crippen LogP contribution in [-0.4, -0.2) is 62.1 Å². The number of likely N-dealkylation sites (tertiary alicyclic amines) is 1. The number of carbonyl (C=O) groups excluding carboxylic acids is 1. The van der Waals surface area contributed by atoms with Gasteiger partial charge in [0.05, 0.1) is 6.10 Å². The van der Waals surface area contributed by atoms with Gasteiger partial charge in [-0.3, -0.25) is 4.79 Å². The molecular weight excluding hydrogens is 228 g/mol. The molecule has 0 aromatic rings. The molecule has 4 heteroatoms. The minimum atomic E-state index is 0.239. The topological polar surface area (TPSA) is 32.8 Å². The van der Waals surface area contributed by atoms with Crippen LogP contribution in [0, 0.1) is 5.92 Å². The zero-order valence-corrected chi connectivity index (χ0v) is 11.7. The average Bonchev–Trinajstić information content (AvgIpc) is 2.40. The number of nitrogens with zero attached hydrogens (tertiary/aromatic N) is 2. The quantitative estimate of drug-likeness (QED) is 0.762. The van der Waals surface area contributed by atoms with Crippen molar-refractivity contribution in [3.05, 3.63) is 0 Å². The monoisotopic (exact) mass is 254 g/mol. The van der Waals surface area contributed by atoms with E-state index >= 15 is 0 Å². The van der Waals surface area contributed by atoms with Gasteiger partial charge in [0.2, 0.25) is 5.91 Å². The van der Waals surface area contributed by atoms with Gasteiger partial charge in [0, 0.05) is 33.2 Å². The van der Waals surface area contributed by atoms with E-state index in [9.17, 15) is 4.79 Å². The van der Waals surface area contributed by atoms with Gasteiger partial charge in [-0.25, -0.2) is 0 Å². The van der Waals surface area contributed by atoms with Crippen LogP contribution < -0.4 is 0 Å². The fourth-order valence-electron chi connectivity index (χ4n) is 2.97.